The van der Waals surface area contributed by atoms with Crippen LogP contribution in [0.15, 0.2) is 48.5 Å². The summed E-state index contributed by atoms with van der Waals surface area (Å²) >= 11 is 5.23. The van der Waals surface area contributed by atoms with Crippen molar-refractivity contribution in [3.05, 3.63) is 54.1 Å². The van der Waals surface area contributed by atoms with Crippen molar-refractivity contribution >= 4 is 28.7 Å². The normalized spacial score (nSPS) is 9.95. The van der Waals surface area contributed by atoms with Gasteiger partial charge in [0.2, 0.25) is 0 Å². The summed E-state index contributed by atoms with van der Waals surface area (Å²) in [6.45, 7) is 2.12. The zero-order chi connectivity index (χ0) is 13.7. The molecule has 19 heavy (non-hydrogen) atoms. The van der Waals surface area contributed by atoms with Crippen molar-refractivity contribution in [2.45, 2.75) is 13.3 Å². The largest absolute Gasteiger partial charge is 0.508 e. The maximum Gasteiger partial charge on any atom is 0.175 e. The molecule has 0 heterocycles. The summed E-state index contributed by atoms with van der Waals surface area (Å²) in [7, 11) is 0. The molecule has 4 heteroatoms. The lowest BCUT2D eigenvalue weighted by Crippen LogP contribution is -2.18. The average Bonchev–Trinajstić information content (AvgIpc) is 2.42. The van der Waals surface area contributed by atoms with Gasteiger partial charge in [0, 0.05) is 11.4 Å². The predicted octanol–water partition coefficient (Wildman–Crippen LogP) is 3.76. The van der Waals surface area contributed by atoms with E-state index in [2.05, 4.69) is 29.7 Å². The van der Waals surface area contributed by atoms with Crippen LogP contribution in [0, 0.1) is 0 Å². The quantitative estimate of drug-likeness (QED) is 0.588. The number of anilines is 2. The van der Waals surface area contributed by atoms with E-state index in [1.165, 1.54) is 5.56 Å². The predicted molar refractivity (Wildman–Crippen MR) is 83.8 cm³/mol. The van der Waals surface area contributed by atoms with Gasteiger partial charge < -0.3 is 15.7 Å². The van der Waals surface area contributed by atoms with Crippen molar-refractivity contribution in [2.75, 3.05) is 10.6 Å². The summed E-state index contributed by atoms with van der Waals surface area (Å²) in [5, 5.41) is 15.9. The Morgan fingerprint density at radius 2 is 1.42 bits per heavy atom. The fourth-order valence-corrected chi connectivity index (χ4v) is 1.90. The number of hydrogen-bond donors (Lipinski definition) is 3. The minimum atomic E-state index is 0.236. The molecule has 2 aromatic rings. The lowest BCUT2D eigenvalue weighted by molar-refractivity contribution is 0.475. The van der Waals surface area contributed by atoms with E-state index in [-0.39, 0.29) is 5.75 Å². The van der Waals surface area contributed by atoms with Gasteiger partial charge in [-0.3, -0.25) is 0 Å². The molecule has 2 aromatic carbocycles. The molecule has 0 atom stereocenters. The lowest BCUT2D eigenvalue weighted by Gasteiger charge is -2.11. The van der Waals surface area contributed by atoms with Crippen LogP contribution in [-0.2, 0) is 6.42 Å². The SMILES string of the molecule is CCc1ccc(NC(=S)Nc2ccc(O)cc2)cc1. The number of phenols is 1. The fourth-order valence-electron chi connectivity index (χ4n) is 1.66. The highest BCUT2D eigenvalue weighted by Gasteiger charge is 1.99. The van der Waals surface area contributed by atoms with Crippen molar-refractivity contribution in [3.8, 4) is 5.75 Å². The van der Waals surface area contributed by atoms with Crippen LogP contribution in [0.25, 0.3) is 0 Å². The number of nitrogens with one attached hydrogen (secondary N) is 2. The van der Waals surface area contributed by atoms with Crippen LogP contribution in [0.1, 0.15) is 12.5 Å². The van der Waals surface area contributed by atoms with Gasteiger partial charge in [0.1, 0.15) is 5.75 Å². The second-order valence-corrected chi connectivity index (χ2v) is 4.58. The first-order chi connectivity index (χ1) is 9.17. The van der Waals surface area contributed by atoms with Crippen LogP contribution in [0.3, 0.4) is 0 Å². The standard InChI is InChI=1S/C15H16N2OS/c1-2-11-3-5-12(6-4-11)16-15(19)17-13-7-9-14(18)10-8-13/h3-10,18H,2H2,1H3,(H2,16,17,19). The molecule has 98 valence electrons. The van der Waals surface area contributed by atoms with Gasteiger partial charge in [0.05, 0.1) is 0 Å². The molecule has 0 aliphatic heterocycles. The number of hydrogen-bond acceptors (Lipinski definition) is 2. The van der Waals surface area contributed by atoms with Crippen LogP contribution < -0.4 is 10.6 Å². The van der Waals surface area contributed by atoms with Crippen LogP contribution in [-0.4, -0.2) is 10.2 Å². The van der Waals surface area contributed by atoms with Crippen molar-refractivity contribution < 1.29 is 5.11 Å². The molecule has 0 unspecified atom stereocenters. The van der Waals surface area contributed by atoms with Gasteiger partial charge in [-0.2, -0.15) is 0 Å². The molecule has 0 aromatic heterocycles. The van der Waals surface area contributed by atoms with Crippen LogP contribution in [0.4, 0.5) is 11.4 Å². The first kappa shape index (κ1) is 13.4. The van der Waals surface area contributed by atoms with Crippen LogP contribution in [0.5, 0.6) is 5.75 Å². The van der Waals surface area contributed by atoms with E-state index < -0.39 is 0 Å². The fraction of sp³-hybridized carbons (Fsp3) is 0.133. The molecule has 3 nitrogen and oxygen atoms in total. The highest BCUT2D eigenvalue weighted by atomic mass is 32.1. The topological polar surface area (TPSA) is 44.3 Å². The van der Waals surface area contributed by atoms with E-state index in [9.17, 15) is 5.11 Å². The minimum Gasteiger partial charge on any atom is -0.508 e. The number of aryl methyl sites for hydroxylation is 1. The molecule has 3 N–H and O–H groups in total. The molecule has 0 saturated heterocycles. The van der Waals surface area contributed by atoms with Gasteiger partial charge in [0.15, 0.2) is 5.11 Å². The number of phenolic OH excluding ortho intramolecular Hbond substituents is 1. The zero-order valence-electron chi connectivity index (χ0n) is 10.7. The Morgan fingerprint density at radius 1 is 0.947 bits per heavy atom. The number of aromatic hydroxyl groups is 1. The van der Waals surface area contributed by atoms with E-state index in [0.29, 0.717) is 5.11 Å². The average molecular weight is 272 g/mol. The van der Waals surface area contributed by atoms with E-state index in [1.807, 2.05) is 12.1 Å². The maximum atomic E-state index is 9.20. The van der Waals surface area contributed by atoms with Gasteiger partial charge in [-0.15, -0.1) is 0 Å². The second-order valence-electron chi connectivity index (χ2n) is 4.18. The Kier molecular flexibility index (Phi) is 4.36. The summed E-state index contributed by atoms with van der Waals surface area (Å²) in [4.78, 5) is 0. The smallest absolute Gasteiger partial charge is 0.175 e. The van der Waals surface area contributed by atoms with Crippen molar-refractivity contribution in [3.63, 3.8) is 0 Å². The molecular formula is C15H16N2OS. The molecule has 0 amide bonds. The number of thiocarbonyl (C=S) groups is 1. The Bertz CT molecular complexity index is 549. The Labute approximate surface area is 118 Å². The highest BCUT2D eigenvalue weighted by molar-refractivity contribution is 7.80. The summed E-state index contributed by atoms with van der Waals surface area (Å²) < 4.78 is 0. The van der Waals surface area contributed by atoms with E-state index in [1.54, 1.807) is 24.3 Å². The van der Waals surface area contributed by atoms with Crippen LogP contribution >= 0.6 is 12.2 Å². The first-order valence-corrected chi connectivity index (χ1v) is 6.54. The van der Waals surface area contributed by atoms with E-state index >= 15 is 0 Å². The molecule has 0 radical (unpaired) electrons. The molecule has 0 fully saturated rings. The summed E-state index contributed by atoms with van der Waals surface area (Å²) in [6.07, 6.45) is 1.02. The highest BCUT2D eigenvalue weighted by Crippen LogP contribution is 2.15. The first-order valence-electron chi connectivity index (χ1n) is 6.13. The van der Waals surface area contributed by atoms with Gasteiger partial charge in [-0.25, -0.2) is 0 Å². The summed E-state index contributed by atoms with van der Waals surface area (Å²) in [5.41, 5.74) is 3.08. The summed E-state index contributed by atoms with van der Waals surface area (Å²) in [6, 6.07) is 14.9. The van der Waals surface area contributed by atoms with Gasteiger partial charge in [-0.1, -0.05) is 19.1 Å². The molecule has 2 rings (SSSR count). The molecule has 0 aliphatic rings. The van der Waals surface area contributed by atoms with Gasteiger partial charge in [0.25, 0.3) is 0 Å². The van der Waals surface area contributed by atoms with Crippen molar-refractivity contribution in [2.24, 2.45) is 0 Å². The minimum absolute atomic E-state index is 0.236. The van der Waals surface area contributed by atoms with E-state index in [4.69, 9.17) is 12.2 Å². The lowest BCUT2D eigenvalue weighted by atomic mass is 10.1. The molecule has 0 aliphatic carbocycles. The third kappa shape index (κ3) is 3.96. The maximum absolute atomic E-state index is 9.20. The molecule has 0 bridgehead atoms. The number of benzene rings is 2. The Balaban J connectivity index is 1.95. The zero-order valence-corrected chi connectivity index (χ0v) is 11.5. The van der Waals surface area contributed by atoms with Crippen LogP contribution in [0.2, 0.25) is 0 Å². The molecular weight excluding hydrogens is 256 g/mol. The van der Waals surface area contributed by atoms with Gasteiger partial charge >= 0.3 is 0 Å². The van der Waals surface area contributed by atoms with Gasteiger partial charge in [-0.05, 0) is 60.6 Å². The van der Waals surface area contributed by atoms with Crippen molar-refractivity contribution in [1.82, 2.24) is 0 Å². The molecule has 0 spiro atoms. The third-order valence-electron chi connectivity index (χ3n) is 2.75. The monoisotopic (exact) mass is 272 g/mol. The molecule has 0 saturated carbocycles. The third-order valence-corrected chi connectivity index (χ3v) is 2.95. The van der Waals surface area contributed by atoms with E-state index in [0.717, 1.165) is 17.8 Å². The Morgan fingerprint density at radius 3 is 1.89 bits per heavy atom. The Hall–Kier alpha value is -2.07. The second kappa shape index (κ2) is 6.20. The summed E-state index contributed by atoms with van der Waals surface area (Å²) in [5.74, 6) is 0.236. The van der Waals surface area contributed by atoms with Crippen molar-refractivity contribution in [1.29, 1.82) is 0 Å². The number of rotatable bonds is 3.